The van der Waals surface area contributed by atoms with Crippen LogP contribution in [0.2, 0.25) is 0 Å². The average Bonchev–Trinajstić information content (AvgIpc) is 3.13. The van der Waals surface area contributed by atoms with Crippen LogP contribution in [0.15, 0.2) is 12.2 Å². The largest absolute Gasteiger partial charge is 0.481 e. The smallest absolute Gasteiger partial charge is 0.306 e. The number of esters is 1. The molecule has 4 heteroatoms. The van der Waals surface area contributed by atoms with Crippen LogP contribution in [0.4, 0.5) is 0 Å². The number of carboxylic acids is 1. The average molecular weight is 733 g/mol. The van der Waals surface area contributed by atoms with Gasteiger partial charge in [-0.1, -0.05) is 212 Å². The van der Waals surface area contributed by atoms with Gasteiger partial charge in [-0.3, -0.25) is 9.59 Å². The minimum absolute atomic E-state index is 0.00215. The highest BCUT2D eigenvalue weighted by Gasteiger charge is 2.14. The van der Waals surface area contributed by atoms with Crippen molar-refractivity contribution < 1.29 is 19.4 Å². The van der Waals surface area contributed by atoms with Gasteiger partial charge in [0.1, 0.15) is 6.10 Å². The first-order valence-electron chi connectivity index (χ1n) is 23.7. The Hall–Kier alpha value is -1.32. The third-order valence-electron chi connectivity index (χ3n) is 11.0. The van der Waals surface area contributed by atoms with Crippen molar-refractivity contribution in [2.45, 2.75) is 283 Å². The Morgan fingerprint density at radius 3 is 1.06 bits per heavy atom. The molecule has 4 nitrogen and oxygen atoms in total. The topological polar surface area (TPSA) is 63.6 Å². The fraction of sp³-hybridized carbons (Fsp3) is 0.917. The summed E-state index contributed by atoms with van der Waals surface area (Å²) in [7, 11) is 0. The number of carboxylic acid groups (broad SMARTS) is 1. The maximum atomic E-state index is 12.7. The number of aliphatic carboxylic acids is 1. The molecule has 0 bridgehead atoms. The van der Waals surface area contributed by atoms with E-state index in [0.29, 0.717) is 6.42 Å². The molecule has 0 aromatic heterocycles. The molecule has 0 radical (unpaired) electrons. The Bertz CT molecular complexity index is 747. The number of unbranched alkanes of at least 4 members (excludes halogenated alkanes) is 33. The standard InChI is InChI=1S/C48H92O4/c1-3-5-7-9-11-13-15-17-19-20-21-22-24-26-28-30-32-37-41-45-48(51)52-46(43-39-35-33-36-40-44-47(49)50)42-38-34-31-29-27-25-23-18-16-14-12-10-8-6-4-2/h25,27,46H,3-24,26,28-45H2,1-2H3,(H,49,50)/b27-25-. The van der Waals surface area contributed by atoms with Crippen molar-refractivity contribution in [1.82, 2.24) is 0 Å². The van der Waals surface area contributed by atoms with Gasteiger partial charge < -0.3 is 9.84 Å². The van der Waals surface area contributed by atoms with Gasteiger partial charge >= 0.3 is 11.9 Å². The second-order valence-corrected chi connectivity index (χ2v) is 16.3. The SMILES string of the molecule is CCCCCCCCCC/C=C\CCCCCC(CCCCCCCC(=O)O)OC(=O)CCCCCCCCCCCCCCCCCCCCC. The lowest BCUT2D eigenvalue weighted by Crippen LogP contribution is -2.18. The molecule has 1 unspecified atom stereocenters. The Balaban J connectivity index is 3.95. The Labute approximate surface area is 325 Å². The maximum Gasteiger partial charge on any atom is 0.306 e. The van der Waals surface area contributed by atoms with Crippen molar-refractivity contribution in [3.8, 4) is 0 Å². The number of hydrogen-bond donors (Lipinski definition) is 1. The first kappa shape index (κ1) is 50.7. The summed E-state index contributed by atoms with van der Waals surface area (Å²) < 4.78 is 6.04. The van der Waals surface area contributed by atoms with E-state index in [0.717, 1.165) is 70.6 Å². The van der Waals surface area contributed by atoms with E-state index in [1.54, 1.807) is 0 Å². The summed E-state index contributed by atoms with van der Waals surface area (Å²) in [6.07, 6.45) is 55.4. The molecule has 0 aromatic rings. The van der Waals surface area contributed by atoms with Gasteiger partial charge in [0.15, 0.2) is 0 Å². The predicted molar refractivity (Wildman–Crippen MR) is 227 cm³/mol. The van der Waals surface area contributed by atoms with E-state index >= 15 is 0 Å². The molecular weight excluding hydrogens is 641 g/mol. The third kappa shape index (κ3) is 43.1. The third-order valence-corrected chi connectivity index (χ3v) is 11.0. The molecule has 0 spiro atoms. The van der Waals surface area contributed by atoms with E-state index in [2.05, 4.69) is 26.0 Å². The number of allylic oxidation sites excluding steroid dienone is 2. The lowest BCUT2D eigenvalue weighted by molar-refractivity contribution is -0.150. The van der Waals surface area contributed by atoms with Gasteiger partial charge in [0.25, 0.3) is 0 Å². The molecule has 0 aliphatic rings. The number of hydrogen-bond acceptors (Lipinski definition) is 3. The van der Waals surface area contributed by atoms with E-state index in [1.807, 2.05) is 0 Å². The van der Waals surface area contributed by atoms with Crippen molar-refractivity contribution in [2.24, 2.45) is 0 Å². The van der Waals surface area contributed by atoms with E-state index in [1.165, 1.54) is 180 Å². The molecule has 0 heterocycles. The highest BCUT2D eigenvalue weighted by Crippen LogP contribution is 2.19. The molecule has 1 atom stereocenters. The van der Waals surface area contributed by atoms with Crippen molar-refractivity contribution in [3.63, 3.8) is 0 Å². The second kappa shape index (κ2) is 44.1. The van der Waals surface area contributed by atoms with Gasteiger partial charge in [-0.05, 0) is 64.2 Å². The monoisotopic (exact) mass is 733 g/mol. The van der Waals surface area contributed by atoms with Gasteiger partial charge in [0, 0.05) is 12.8 Å². The minimum atomic E-state index is -0.698. The maximum absolute atomic E-state index is 12.7. The van der Waals surface area contributed by atoms with Crippen LogP contribution < -0.4 is 0 Å². The van der Waals surface area contributed by atoms with Crippen molar-refractivity contribution in [1.29, 1.82) is 0 Å². The summed E-state index contributed by atoms with van der Waals surface area (Å²) >= 11 is 0. The van der Waals surface area contributed by atoms with Gasteiger partial charge in [0.05, 0.1) is 0 Å². The molecule has 0 aliphatic heterocycles. The summed E-state index contributed by atoms with van der Waals surface area (Å²) in [5, 5.41) is 8.85. The molecule has 0 saturated carbocycles. The lowest BCUT2D eigenvalue weighted by Gasteiger charge is -2.18. The van der Waals surface area contributed by atoms with Gasteiger partial charge in [-0.15, -0.1) is 0 Å². The predicted octanol–water partition coefficient (Wildman–Crippen LogP) is 16.6. The quantitative estimate of drug-likeness (QED) is 0.0385. The van der Waals surface area contributed by atoms with Gasteiger partial charge in [0.2, 0.25) is 0 Å². The second-order valence-electron chi connectivity index (χ2n) is 16.3. The van der Waals surface area contributed by atoms with Crippen LogP contribution >= 0.6 is 0 Å². The lowest BCUT2D eigenvalue weighted by atomic mass is 10.0. The van der Waals surface area contributed by atoms with Crippen molar-refractivity contribution in [2.75, 3.05) is 0 Å². The van der Waals surface area contributed by atoms with Crippen LogP contribution in [0, 0.1) is 0 Å². The van der Waals surface area contributed by atoms with Crippen LogP contribution in [0.25, 0.3) is 0 Å². The first-order chi connectivity index (χ1) is 25.6. The molecule has 0 amide bonds. The Kier molecular flexibility index (Phi) is 43.0. The number of rotatable bonds is 44. The molecular formula is C48H92O4. The highest BCUT2D eigenvalue weighted by molar-refractivity contribution is 5.69. The highest BCUT2D eigenvalue weighted by atomic mass is 16.5. The molecule has 308 valence electrons. The summed E-state index contributed by atoms with van der Waals surface area (Å²) in [5.41, 5.74) is 0. The molecule has 0 rings (SSSR count). The van der Waals surface area contributed by atoms with Gasteiger partial charge in [-0.25, -0.2) is 0 Å². The van der Waals surface area contributed by atoms with Crippen LogP contribution in [0.5, 0.6) is 0 Å². The van der Waals surface area contributed by atoms with Crippen LogP contribution in [-0.4, -0.2) is 23.1 Å². The molecule has 0 fully saturated rings. The van der Waals surface area contributed by atoms with E-state index in [9.17, 15) is 9.59 Å². The van der Waals surface area contributed by atoms with Crippen LogP contribution in [0.3, 0.4) is 0 Å². The summed E-state index contributed by atoms with van der Waals surface area (Å²) in [6, 6.07) is 0. The molecule has 52 heavy (non-hydrogen) atoms. The number of carbonyl (C=O) groups excluding carboxylic acids is 1. The summed E-state index contributed by atoms with van der Waals surface area (Å²) in [6.45, 7) is 4.57. The Morgan fingerprint density at radius 2 is 0.692 bits per heavy atom. The van der Waals surface area contributed by atoms with Crippen molar-refractivity contribution >= 4 is 11.9 Å². The Morgan fingerprint density at radius 1 is 0.404 bits per heavy atom. The molecule has 0 aliphatic carbocycles. The number of carbonyl (C=O) groups is 2. The zero-order valence-corrected chi connectivity index (χ0v) is 35.4. The first-order valence-corrected chi connectivity index (χ1v) is 23.7. The molecule has 0 saturated heterocycles. The number of ether oxygens (including phenoxy) is 1. The van der Waals surface area contributed by atoms with E-state index in [4.69, 9.17) is 9.84 Å². The zero-order valence-electron chi connectivity index (χ0n) is 35.4. The van der Waals surface area contributed by atoms with Crippen molar-refractivity contribution in [3.05, 3.63) is 12.2 Å². The summed E-state index contributed by atoms with van der Waals surface area (Å²) in [5.74, 6) is -0.696. The molecule has 1 N–H and O–H groups in total. The van der Waals surface area contributed by atoms with Crippen LogP contribution in [-0.2, 0) is 14.3 Å². The fourth-order valence-corrected chi connectivity index (χ4v) is 7.48. The van der Waals surface area contributed by atoms with Gasteiger partial charge in [-0.2, -0.15) is 0 Å². The molecule has 0 aromatic carbocycles. The summed E-state index contributed by atoms with van der Waals surface area (Å²) in [4.78, 5) is 23.5. The minimum Gasteiger partial charge on any atom is -0.481 e. The van der Waals surface area contributed by atoms with E-state index < -0.39 is 5.97 Å². The fourth-order valence-electron chi connectivity index (χ4n) is 7.48. The van der Waals surface area contributed by atoms with E-state index in [-0.39, 0.29) is 18.5 Å². The normalized spacial score (nSPS) is 12.2. The van der Waals surface area contributed by atoms with Crippen LogP contribution in [0.1, 0.15) is 277 Å². The zero-order chi connectivity index (χ0) is 37.8.